The van der Waals surface area contributed by atoms with Crippen LogP contribution >= 0.6 is 15.9 Å². The number of carboxylic acid groups (broad SMARTS) is 1. The first-order valence-electron chi connectivity index (χ1n) is 4.49. The first-order valence-corrected chi connectivity index (χ1v) is 5.41. The summed E-state index contributed by atoms with van der Waals surface area (Å²) in [6.45, 7) is 4.23. The number of carboxylic acids is 1. The average Bonchev–Trinajstić information content (AvgIpc) is 2.16. The van der Waals surface area contributed by atoms with Gasteiger partial charge in [0.05, 0.1) is 5.56 Å². The molecule has 0 saturated carbocycles. The SMILES string of the molecule is CC(C)[C@H](Br)c1ccc(C(=O)O)cc1. The minimum Gasteiger partial charge on any atom is -0.478 e. The summed E-state index contributed by atoms with van der Waals surface area (Å²) < 4.78 is 0. The number of hydrogen-bond acceptors (Lipinski definition) is 1. The Morgan fingerprint density at radius 2 is 1.79 bits per heavy atom. The van der Waals surface area contributed by atoms with Crippen LogP contribution in [0.15, 0.2) is 24.3 Å². The van der Waals surface area contributed by atoms with Crippen molar-refractivity contribution in [2.75, 3.05) is 0 Å². The Labute approximate surface area is 92.1 Å². The monoisotopic (exact) mass is 256 g/mol. The molecule has 0 fully saturated rings. The van der Waals surface area contributed by atoms with E-state index in [2.05, 4.69) is 29.8 Å². The Morgan fingerprint density at radius 1 is 1.29 bits per heavy atom. The van der Waals surface area contributed by atoms with Crippen LogP contribution in [0.4, 0.5) is 0 Å². The first kappa shape index (κ1) is 11.2. The van der Waals surface area contributed by atoms with E-state index >= 15 is 0 Å². The summed E-state index contributed by atoms with van der Waals surface area (Å²) in [6, 6.07) is 6.97. The van der Waals surface area contributed by atoms with Gasteiger partial charge in [0.25, 0.3) is 0 Å². The van der Waals surface area contributed by atoms with E-state index in [1.165, 1.54) is 0 Å². The minimum atomic E-state index is -0.882. The van der Waals surface area contributed by atoms with Gasteiger partial charge in [-0.05, 0) is 23.6 Å². The third kappa shape index (κ3) is 2.58. The summed E-state index contributed by atoms with van der Waals surface area (Å²) in [4.78, 5) is 10.9. The van der Waals surface area contributed by atoms with Crippen LogP contribution in [0.3, 0.4) is 0 Å². The molecule has 0 spiro atoms. The van der Waals surface area contributed by atoms with Crippen LogP contribution in [0.2, 0.25) is 0 Å². The predicted molar refractivity (Wildman–Crippen MR) is 59.9 cm³/mol. The van der Waals surface area contributed by atoms with Gasteiger partial charge in [0, 0.05) is 4.83 Å². The molecule has 76 valence electrons. The van der Waals surface area contributed by atoms with Gasteiger partial charge in [-0.25, -0.2) is 4.79 Å². The molecule has 0 aliphatic rings. The maximum absolute atomic E-state index is 10.6. The predicted octanol–water partition coefficient (Wildman–Crippen LogP) is 3.48. The van der Waals surface area contributed by atoms with Crippen molar-refractivity contribution in [2.45, 2.75) is 18.7 Å². The normalized spacial score (nSPS) is 12.9. The summed E-state index contributed by atoms with van der Waals surface area (Å²) in [5.74, 6) is -0.391. The highest BCUT2D eigenvalue weighted by Gasteiger charge is 2.12. The summed E-state index contributed by atoms with van der Waals surface area (Å²) in [5.41, 5.74) is 1.45. The number of hydrogen-bond donors (Lipinski definition) is 1. The zero-order valence-electron chi connectivity index (χ0n) is 8.20. The van der Waals surface area contributed by atoms with Crippen LogP contribution < -0.4 is 0 Å². The second-order valence-corrected chi connectivity index (χ2v) is 4.56. The van der Waals surface area contributed by atoms with Crippen molar-refractivity contribution < 1.29 is 9.90 Å². The van der Waals surface area contributed by atoms with E-state index in [0.717, 1.165) is 5.56 Å². The third-order valence-corrected chi connectivity index (χ3v) is 3.65. The topological polar surface area (TPSA) is 37.3 Å². The lowest BCUT2D eigenvalue weighted by atomic mass is 10.0. The van der Waals surface area contributed by atoms with Crippen LogP contribution in [0.5, 0.6) is 0 Å². The number of alkyl halides is 1. The molecule has 0 bridgehead atoms. The van der Waals surface area contributed by atoms with Gasteiger partial charge in [-0.3, -0.25) is 0 Å². The summed E-state index contributed by atoms with van der Waals surface area (Å²) >= 11 is 3.56. The maximum atomic E-state index is 10.6. The molecule has 14 heavy (non-hydrogen) atoms. The van der Waals surface area contributed by atoms with Gasteiger partial charge >= 0.3 is 5.97 Å². The number of halogens is 1. The minimum absolute atomic E-state index is 0.283. The van der Waals surface area contributed by atoms with Crippen molar-refractivity contribution in [2.24, 2.45) is 5.92 Å². The fourth-order valence-electron chi connectivity index (χ4n) is 1.19. The van der Waals surface area contributed by atoms with E-state index in [0.29, 0.717) is 11.5 Å². The molecule has 3 heteroatoms. The van der Waals surface area contributed by atoms with Crippen LogP contribution in [0.1, 0.15) is 34.6 Å². The van der Waals surface area contributed by atoms with E-state index in [-0.39, 0.29) is 4.83 Å². The average molecular weight is 257 g/mol. The molecule has 0 aromatic heterocycles. The number of rotatable bonds is 3. The zero-order chi connectivity index (χ0) is 10.7. The molecule has 0 amide bonds. The highest BCUT2D eigenvalue weighted by Crippen LogP contribution is 2.30. The molecule has 0 aliphatic carbocycles. The van der Waals surface area contributed by atoms with Crippen molar-refractivity contribution in [3.8, 4) is 0 Å². The highest BCUT2D eigenvalue weighted by molar-refractivity contribution is 9.09. The van der Waals surface area contributed by atoms with Gasteiger partial charge in [0.15, 0.2) is 0 Å². The van der Waals surface area contributed by atoms with Gasteiger partial charge in [-0.2, -0.15) is 0 Å². The van der Waals surface area contributed by atoms with E-state index in [1.807, 2.05) is 12.1 Å². The Bertz CT molecular complexity index is 317. The molecule has 0 aliphatic heterocycles. The molecule has 0 radical (unpaired) electrons. The van der Waals surface area contributed by atoms with Crippen LogP contribution in [-0.4, -0.2) is 11.1 Å². The summed E-state index contributed by atoms with van der Waals surface area (Å²) in [5, 5.41) is 8.71. The quantitative estimate of drug-likeness (QED) is 0.841. The van der Waals surface area contributed by atoms with Gasteiger partial charge in [-0.15, -0.1) is 0 Å². The van der Waals surface area contributed by atoms with Crippen LogP contribution in [-0.2, 0) is 0 Å². The van der Waals surface area contributed by atoms with Crippen molar-refractivity contribution in [3.05, 3.63) is 35.4 Å². The molecule has 1 aromatic carbocycles. The Kier molecular flexibility index (Phi) is 3.69. The molecule has 1 N–H and O–H groups in total. The van der Waals surface area contributed by atoms with Crippen LogP contribution in [0, 0.1) is 5.92 Å². The molecule has 0 saturated heterocycles. The smallest absolute Gasteiger partial charge is 0.335 e. The molecule has 1 rings (SSSR count). The van der Waals surface area contributed by atoms with E-state index < -0.39 is 5.97 Å². The van der Waals surface area contributed by atoms with Gasteiger partial charge in [0.2, 0.25) is 0 Å². The number of benzene rings is 1. The molecule has 0 heterocycles. The lowest BCUT2D eigenvalue weighted by Crippen LogP contribution is -2.00. The highest BCUT2D eigenvalue weighted by atomic mass is 79.9. The van der Waals surface area contributed by atoms with Gasteiger partial charge in [0.1, 0.15) is 0 Å². The Balaban J connectivity index is 2.88. The fraction of sp³-hybridized carbons (Fsp3) is 0.364. The molecule has 1 aromatic rings. The number of aromatic carboxylic acids is 1. The van der Waals surface area contributed by atoms with Crippen molar-refractivity contribution in [1.29, 1.82) is 0 Å². The maximum Gasteiger partial charge on any atom is 0.335 e. The standard InChI is InChI=1S/C11H13BrO2/c1-7(2)10(12)8-3-5-9(6-4-8)11(13)14/h3-7,10H,1-2H3,(H,13,14)/t10-/m0/s1. The lowest BCUT2D eigenvalue weighted by molar-refractivity contribution is 0.0697. The fourth-order valence-corrected chi connectivity index (χ4v) is 1.50. The largest absolute Gasteiger partial charge is 0.478 e. The summed E-state index contributed by atoms with van der Waals surface area (Å²) in [7, 11) is 0. The molecule has 0 unspecified atom stereocenters. The molecular weight excluding hydrogens is 244 g/mol. The number of carbonyl (C=O) groups is 1. The van der Waals surface area contributed by atoms with Gasteiger partial charge < -0.3 is 5.11 Å². The Morgan fingerprint density at radius 3 is 2.14 bits per heavy atom. The second kappa shape index (κ2) is 4.60. The lowest BCUT2D eigenvalue weighted by Gasteiger charge is -2.13. The van der Waals surface area contributed by atoms with Crippen molar-refractivity contribution in [3.63, 3.8) is 0 Å². The first-order chi connectivity index (χ1) is 6.52. The second-order valence-electron chi connectivity index (χ2n) is 3.57. The van der Waals surface area contributed by atoms with E-state index in [9.17, 15) is 4.79 Å². The Hall–Kier alpha value is -0.830. The van der Waals surface area contributed by atoms with Crippen molar-refractivity contribution >= 4 is 21.9 Å². The molecule has 2 nitrogen and oxygen atoms in total. The molecule has 1 atom stereocenters. The van der Waals surface area contributed by atoms with Crippen LogP contribution in [0.25, 0.3) is 0 Å². The third-order valence-electron chi connectivity index (χ3n) is 2.06. The summed E-state index contributed by atoms with van der Waals surface area (Å²) in [6.07, 6.45) is 0. The van der Waals surface area contributed by atoms with E-state index in [1.54, 1.807) is 12.1 Å². The molecular formula is C11H13BrO2. The van der Waals surface area contributed by atoms with Crippen molar-refractivity contribution in [1.82, 2.24) is 0 Å². The van der Waals surface area contributed by atoms with E-state index in [4.69, 9.17) is 5.11 Å². The zero-order valence-corrected chi connectivity index (χ0v) is 9.78. The van der Waals surface area contributed by atoms with Gasteiger partial charge in [-0.1, -0.05) is 41.9 Å².